The number of methoxy groups -OCH3 is 2. The fourth-order valence-corrected chi connectivity index (χ4v) is 4.36. The molecule has 2 aromatic rings. The zero-order valence-electron chi connectivity index (χ0n) is 16.1. The number of hydrogen-bond acceptors (Lipinski definition) is 6. The minimum Gasteiger partial charge on any atom is -0.497 e. The van der Waals surface area contributed by atoms with E-state index in [1.54, 1.807) is 46.4 Å². The van der Waals surface area contributed by atoms with E-state index in [4.69, 9.17) is 18.5 Å². The van der Waals surface area contributed by atoms with Crippen LogP contribution in [0, 0.1) is 0 Å². The van der Waals surface area contributed by atoms with Crippen molar-refractivity contribution in [3.63, 3.8) is 0 Å². The average molecular weight is 391 g/mol. The van der Waals surface area contributed by atoms with Crippen LogP contribution in [0.1, 0.15) is 30.8 Å². The summed E-state index contributed by atoms with van der Waals surface area (Å²) in [5.74, 6) is 0.692. The fraction of sp³-hybridized carbons (Fsp3) is 0.350. The van der Waals surface area contributed by atoms with Crippen molar-refractivity contribution in [1.82, 2.24) is 0 Å². The molecule has 0 aromatic heterocycles. The van der Waals surface area contributed by atoms with Gasteiger partial charge in [-0.1, -0.05) is 12.1 Å². The second-order valence-corrected chi connectivity index (χ2v) is 7.66. The van der Waals surface area contributed by atoms with Gasteiger partial charge in [0.1, 0.15) is 11.5 Å². The third-order valence-corrected chi connectivity index (χ3v) is 6.08. The van der Waals surface area contributed by atoms with Gasteiger partial charge >= 0.3 is 7.60 Å². The lowest BCUT2D eigenvalue weighted by Crippen LogP contribution is -2.06. The Morgan fingerprint density at radius 3 is 1.81 bits per heavy atom. The van der Waals surface area contributed by atoms with E-state index >= 15 is 0 Å². The van der Waals surface area contributed by atoms with E-state index in [1.807, 2.05) is 36.4 Å². The van der Waals surface area contributed by atoms with E-state index in [-0.39, 0.29) is 13.2 Å². The molecule has 2 rings (SSSR count). The average Bonchev–Trinajstić information content (AvgIpc) is 2.69. The SMILES string of the molecule is CCOP(=O)(OCC)C(/N=C/c1ccc(OC)cc1)c1ccc(OC)cc1. The van der Waals surface area contributed by atoms with Gasteiger partial charge in [0.15, 0.2) is 5.78 Å². The Bertz CT molecular complexity index is 764. The van der Waals surface area contributed by atoms with E-state index in [2.05, 4.69) is 4.99 Å². The molecule has 146 valence electrons. The standard InChI is InChI=1S/C20H26NO5P/c1-5-25-27(22,26-6-2)20(17-9-13-19(24-4)14-10-17)21-15-16-7-11-18(23-3)12-8-16/h7-15,20H,5-6H2,1-4H3/b21-15+. The molecule has 1 atom stereocenters. The Labute approximate surface area is 160 Å². The summed E-state index contributed by atoms with van der Waals surface area (Å²) in [5, 5.41) is 0. The third-order valence-electron chi connectivity index (χ3n) is 3.81. The molecule has 0 bridgehead atoms. The minimum absolute atomic E-state index is 0.266. The van der Waals surface area contributed by atoms with Crippen molar-refractivity contribution >= 4 is 13.8 Å². The van der Waals surface area contributed by atoms with E-state index in [0.717, 1.165) is 16.9 Å². The molecule has 0 spiro atoms. The van der Waals surface area contributed by atoms with Gasteiger partial charge in [-0.25, -0.2) is 0 Å². The highest BCUT2D eigenvalue weighted by atomic mass is 31.2. The molecule has 0 amide bonds. The predicted octanol–water partition coefficient (Wildman–Crippen LogP) is 5.09. The van der Waals surface area contributed by atoms with Gasteiger partial charge in [-0.05, 0) is 61.4 Å². The smallest absolute Gasteiger partial charge is 0.359 e. The van der Waals surface area contributed by atoms with Gasteiger partial charge < -0.3 is 18.5 Å². The van der Waals surface area contributed by atoms with E-state index in [0.29, 0.717) is 5.75 Å². The normalized spacial score (nSPS) is 12.9. The molecule has 0 radical (unpaired) electrons. The van der Waals surface area contributed by atoms with Crippen LogP contribution in [0.15, 0.2) is 53.5 Å². The lowest BCUT2D eigenvalue weighted by Gasteiger charge is -2.24. The summed E-state index contributed by atoms with van der Waals surface area (Å²) >= 11 is 0. The topological polar surface area (TPSA) is 66.4 Å². The first-order chi connectivity index (χ1) is 13.1. The summed E-state index contributed by atoms with van der Waals surface area (Å²) in [7, 11) is -0.280. The fourth-order valence-electron chi connectivity index (χ4n) is 2.51. The maximum absolute atomic E-state index is 13.4. The number of ether oxygens (including phenoxy) is 2. The van der Waals surface area contributed by atoms with Crippen molar-refractivity contribution in [1.29, 1.82) is 0 Å². The zero-order chi connectivity index (χ0) is 19.7. The summed E-state index contributed by atoms with van der Waals surface area (Å²) < 4.78 is 34.8. The zero-order valence-corrected chi connectivity index (χ0v) is 17.0. The highest BCUT2D eigenvalue weighted by molar-refractivity contribution is 7.54. The van der Waals surface area contributed by atoms with Crippen LogP contribution < -0.4 is 9.47 Å². The van der Waals surface area contributed by atoms with Gasteiger partial charge in [-0.15, -0.1) is 0 Å². The van der Waals surface area contributed by atoms with Gasteiger partial charge in [0, 0.05) is 6.21 Å². The molecule has 0 saturated heterocycles. The Morgan fingerprint density at radius 1 is 0.889 bits per heavy atom. The van der Waals surface area contributed by atoms with Gasteiger partial charge in [0.25, 0.3) is 0 Å². The van der Waals surface area contributed by atoms with Crippen LogP contribution in [0.5, 0.6) is 11.5 Å². The Hall–Kier alpha value is -2.14. The lowest BCUT2D eigenvalue weighted by atomic mass is 10.2. The molecule has 0 aliphatic rings. The summed E-state index contributed by atoms with van der Waals surface area (Å²) in [6.45, 7) is 4.10. The van der Waals surface area contributed by atoms with Crippen molar-refractivity contribution in [2.75, 3.05) is 27.4 Å². The first kappa shape index (κ1) is 21.2. The minimum atomic E-state index is -3.49. The van der Waals surface area contributed by atoms with Crippen molar-refractivity contribution in [3.8, 4) is 11.5 Å². The van der Waals surface area contributed by atoms with Crippen LogP contribution in [-0.4, -0.2) is 33.6 Å². The van der Waals surface area contributed by atoms with E-state index < -0.39 is 13.4 Å². The molecule has 0 saturated carbocycles. The molecule has 6 nitrogen and oxygen atoms in total. The van der Waals surface area contributed by atoms with Crippen molar-refractivity contribution < 1.29 is 23.1 Å². The first-order valence-corrected chi connectivity index (χ1v) is 10.4. The van der Waals surface area contributed by atoms with Crippen molar-refractivity contribution in [2.24, 2.45) is 4.99 Å². The highest BCUT2D eigenvalue weighted by Gasteiger charge is 2.36. The van der Waals surface area contributed by atoms with Crippen LogP contribution >= 0.6 is 7.60 Å². The molecule has 1 unspecified atom stereocenters. The molecule has 0 heterocycles. The predicted molar refractivity (Wildman–Crippen MR) is 107 cm³/mol. The number of benzene rings is 2. The summed E-state index contributed by atoms with van der Waals surface area (Å²) in [5.41, 5.74) is 1.58. The quantitative estimate of drug-likeness (QED) is 0.417. The third kappa shape index (κ3) is 5.67. The molecule has 7 heteroatoms. The van der Waals surface area contributed by atoms with Gasteiger partial charge in [0.2, 0.25) is 0 Å². The van der Waals surface area contributed by atoms with Crippen molar-refractivity contribution in [3.05, 3.63) is 59.7 Å². The summed E-state index contributed by atoms with van der Waals surface area (Å²) in [4.78, 5) is 4.56. The monoisotopic (exact) mass is 391 g/mol. The molecular formula is C20H26NO5P. The summed E-state index contributed by atoms with van der Waals surface area (Å²) in [6.07, 6.45) is 1.67. The number of nitrogens with zero attached hydrogens (tertiary/aromatic N) is 1. The Balaban J connectivity index is 2.40. The van der Waals surface area contributed by atoms with Crippen molar-refractivity contribution in [2.45, 2.75) is 19.6 Å². The van der Waals surface area contributed by atoms with Crippen LogP contribution in [0.4, 0.5) is 0 Å². The number of hydrogen-bond donors (Lipinski definition) is 0. The van der Waals surface area contributed by atoms with Gasteiger partial charge in [0.05, 0.1) is 27.4 Å². The molecule has 0 fully saturated rings. The maximum Gasteiger partial charge on any atom is 0.359 e. The van der Waals surface area contributed by atoms with Crippen LogP contribution in [0.3, 0.4) is 0 Å². The van der Waals surface area contributed by atoms with E-state index in [1.165, 1.54) is 0 Å². The summed E-state index contributed by atoms with van der Waals surface area (Å²) in [6, 6.07) is 14.7. The molecule has 27 heavy (non-hydrogen) atoms. The maximum atomic E-state index is 13.4. The molecule has 0 aliphatic carbocycles. The first-order valence-electron chi connectivity index (χ1n) is 8.76. The Morgan fingerprint density at radius 2 is 1.37 bits per heavy atom. The van der Waals surface area contributed by atoms with Crippen LogP contribution in [0.25, 0.3) is 0 Å². The van der Waals surface area contributed by atoms with E-state index in [9.17, 15) is 4.57 Å². The van der Waals surface area contributed by atoms with Crippen LogP contribution in [0.2, 0.25) is 0 Å². The Kier molecular flexibility index (Phi) is 8.04. The second-order valence-electron chi connectivity index (χ2n) is 5.57. The van der Waals surface area contributed by atoms with Crippen LogP contribution in [-0.2, 0) is 13.6 Å². The highest BCUT2D eigenvalue weighted by Crippen LogP contribution is 2.61. The van der Waals surface area contributed by atoms with Gasteiger partial charge in [-0.2, -0.15) is 0 Å². The molecule has 2 aromatic carbocycles. The molecule has 0 N–H and O–H groups in total. The lowest BCUT2D eigenvalue weighted by molar-refractivity contribution is 0.212. The number of rotatable bonds is 10. The molecule has 0 aliphatic heterocycles. The second kappa shape index (κ2) is 10.3. The number of aliphatic imine (C=N–C) groups is 1. The molecular weight excluding hydrogens is 365 g/mol. The van der Waals surface area contributed by atoms with Gasteiger partial charge in [-0.3, -0.25) is 9.56 Å². The largest absolute Gasteiger partial charge is 0.497 e.